The van der Waals surface area contributed by atoms with Crippen LogP contribution < -0.4 is 10.1 Å². The van der Waals surface area contributed by atoms with E-state index < -0.39 is 15.7 Å². The topological polar surface area (TPSA) is 92.7 Å². The van der Waals surface area contributed by atoms with E-state index in [0.717, 1.165) is 0 Å². The van der Waals surface area contributed by atoms with Crippen LogP contribution in [0.5, 0.6) is 11.5 Å². The Labute approximate surface area is 141 Å². The van der Waals surface area contributed by atoms with Crippen molar-refractivity contribution in [1.29, 1.82) is 0 Å². The minimum atomic E-state index is -3.43. The summed E-state index contributed by atoms with van der Waals surface area (Å²) in [5.74, 6) is -0.198. The molecule has 2 N–H and O–H groups in total. The van der Waals surface area contributed by atoms with Gasteiger partial charge >= 0.3 is 0 Å². The first-order valence-corrected chi connectivity index (χ1v) is 9.12. The van der Waals surface area contributed by atoms with Crippen molar-refractivity contribution >= 4 is 21.4 Å². The van der Waals surface area contributed by atoms with E-state index in [-0.39, 0.29) is 22.1 Å². The van der Waals surface area contributed by atoms with Crippen molar-refractivity contribution in [1.82, 2.24) is 0 Å². The first-order valence-electron chi connectivity index (χ1n) is 7.47. The van der Waals surface area contributed by atoms with E-state index in [1.54, 1.807) is 24.3 Å². The molecule has 0 aromatic heterocycles. The number of anilines is 1. The van der Waals surface area contributed by atoms with E-state index in [2.05, 4.69) is 5.32 Å². The fraction of sp³-hybridized carbons (Fsp3) is 0.235. The van der Waals surface area contributed by atoms with E-state index in [9.17, 15) is 18.3 Å². The Bertz CT molecular complexity index is 846. The quantitative estimate of drug-likeness (QED) is 0.782. The molecular weight excluding hydrogens is 330 g/mol. The molecule has 0 radical (unpaired) electrons. The molecule has 0 saturated heterocycles. The monoisotopic (exact) mass is 349 g/mol. The second kappa shape index (κ2) is 7.35. The molecule has 2 aromatic carbocycles. The third kappa shape index (κ3) is 4.05. The molecule has 0 fully saturated rings. The number of rotatable bonds is 6. The summed E-state index contributed by atoms with van der Waals surface area (Å²) in [7, 11) is -3.43. The second-order valence-electron chi connectivity index (χ2n) is 5.00. The number of amides is 1. The van der Waals surface area contributed by atoms with Crippen LogP contribution in [0.15, 0.2) is 47.4 Å². The number of phenols is 1. The van der Waals surface area contributed by atoms with Gasteiger partial charge in [0.1, 0.15) is 11.5 Å². The van der Waals surface area contributed by atoms with Crippen molar-refractivity contribution < 1.29 is 23.1 Å². The Morgan fingerprint density at radius 3 is 2.58 bits per heavy atom. The minimum Gasteiger partial charge on any atom is -0.506 e. The molecule has 0 bridgehead atoms. The third-order valence-corrected chi connectivity index (χ3v) is 5.09. The SMILES string of the molecule is CCOc1cccc(C(=O)Nc2cc(S(=O)(=O)CC)ccc2O)c1. The molecule has 0 heterocycles. The number of nitrogens with one attached hydrogen (secondary N) is 1. The van der Waals surface area contributed by atoms with Crippen molar-refractivity contribution in [2.24, 2.45) is 0 Å². The van der Waals surface area contributed by atoms with Crippen LogP contribution in [0.1, 0.15) is 24.2 Å². The number of benzene rings is 2. The lowest BCUT2D eigenvalue weighted by Gasteiger charge is -2.10. The molecule has 2 rings (SSSR count). The molecule has 6 nitrogen and oxygen atoms in total. The molecule has 0 aliphatic heterocycles. The van der Waals surface area contributed by atoms with Gasteiger partial charge in [0, 0.05) is 5.56 Å². The van der Waals surface area contributed by atoms with Crippen molar-refractivity contribution in [3.8, 4) is 11.5 Å². The van der Waals surface area contributed by atoms with Gasteiger partial charge in [0.05, 0.1) is 22.9 Å². The van der Waals surface area contributed by atoms with Crippen LogP contribution in [-0.4, -0.2) is 31.8 Å². The molecular formula is C17H19NO5S. The van der Waals surface area contributed by atoms with Gasteiger partial charge in [-0.05, 0) is 43.3 Å². The summed E-state index contributed by atoms with van der Waals surface area (Å²) >= 11 is 0. The largest absolute Gasteiger partial charge is 0.506 e. The fourth-order valence-electron chi connectivity index (χ4n) is 2.06. The number of carbonyl (C=O) groups excluding carboxylic acids is 1. The molecule has 24 heavy (non-hydrogen) atoms. The zero-order chi connectivity index (χ0) is 17.7. The van der Waals surface area contributed by atoms with Crippen LogP contribution in [0.25, 0.3) is 0 Å². The Morgan fingerprint density at radius 2 is 1.92 bits per heavy atom. The molecule has 1 amide bonds. The maximum atomic E-state index is 12.3. The fourth-order valence-corrected chi connectivity index (χ4v) is 2.97. The van der Waals surface area contributed by atoms with Gasteiger partial charge < -0.3 is 15.2 Å². The van der Waals surface area contributed by atoms with Gasteiger partial charge in [0.25, 0.3) is 5.91 Å². The van der Waals surface area contributed by atoms with E-state index >= 15 is 0 Å². The van der Waals surface area contributed by atoms with Crippen LogP contribution in [-0.2, 0) is 9.84 Å². The molecule has 0 aliphatic rings. The van der Waals surface area contributed by atoms with E-state index in [4.69, 9.17) is 4.74 Å². The van der Waals surface area contributed by atoms with Crippen LogP contribution in [0.2, 0.25) is 0 Å². The second-order valence-corrected chi connectivity index (χ2v) is 7.28. The lowest BCUT2D eigenvalue weighted by atomic mass is 10.2. The van der Waals surface area contributed by atoms with Gasteiger partial charge in [0.2, 0.25) is 0 Å². The molecule has 7 heteroatoms. The first kappa shape index (κ1) is 17.8. The Hall–Kier alpha value is -2.54. The minimum absolute atomic E-state index is 0.0383. The van der Waals surface area contributed by atoms with Crippen LogP contribution in [0.3, 0.4) is 0 Å². The highest BCUT2D eigenvalue weighted by Crippen LogP contribution is 2.27. The number of phenolic OH excluding ortho intramolecular Hbond substituents is 1. The summed E-state index contributed by atoms with van der Waals surface area (Å²) < 4.78 is 29.2. The Morgan fingerprint density at radius 1 is 1.17 bits per heavy atom. The molecule has 0 aliphatic carbocycles. The maximum absolute atomic E-state index is 12.3. The first-order chi connectivity index (χ1) is 11.4. The lowest BCUT2D eigenvalue weighted by molar-refractivity contribution is 0.102. The lowest BCUT2D eigenvalue weighted by Crippen LogP contribution is -2.13. The molecule has 0 saturated carbocycles. The molecule has 128 valence electrons. The van der Waals surface area contributed by atoms with Crippen LogP contribution in [0.4, 0.5) is 5.69 Å². The van der Waals surface area contributed by atoms with Gasteiger partial charge in [-0.15, -0.1) is 0 Å². The summed E-state index contributed by atoms with van der Waals surface area (Å²) in [4.78, 5) is 12.4. The van der Waals surface area contributed by atoms with Gasteiger partial charge in [0.15, 0.2) is 9.84 Å². The molecule has 0 unspecified atom stereocenters. The van der Waals surface area contributed by atoms with Crippen molar-refractivity contribution in [3.05, 3.63) is 48.0 Å². The van der Waals surface area contributed by atoms with E-state index in [1.165, 1.54) is 25.1 Å². The van der Waals surface area contributed by atoms with Crippen molar-refractivity contribution in [3.63, 3.8) is 0 Å². The number of sulfone groups is 1. The zero-order valence-electron chi connectivity index (χ0n) is 13.4. The number of aromatic hydroxyl groups is 1. The molecule has 0 atom stereocenters. The van der Waals surface area contributed by atoms with Crippen LogP contribution in [0, 0.1) is 0 Å². The Kier molecular flexibility index (Phi) is 5.46. The van der Waals surface area contributed by atoms with Gasteiger partial charge in [-0.25, -0.2) is 8.42 Å². The number of carbonyl (C=O) groups is 1. The predicted octanol–water partition coefficient (Wildman–Crippen LogP) is 2.84. The van der Waals surface area contributed by atoms with E-state index in [0.29, 0.717) is 17.9 Å². The molecule has 0 spiro atoms. The van der Waals surface area contributed by atoms with Gasteiger partial charge in [-0.3, -0.25) is 4.79 Å². The third-order valence-electron chi connectivity index (χ3n) is 3.36. The average molecular weight is 349 g/mol. The summed E-state index contributed by atoms with van der Waals surface area (Å²) in [6.45, 7) is 3.84. The average Bonchev–Trinajstić information content (AvgIpc) is 2.57. The predicted molar refractivity (Wildman–Crippen MR) is 91.4 cm³/mol. The van der Waals surface area contributed by atoms with Crippen molar-refractivity contribution in [2.45, 2.75) is 18.7 Å². The molecule has 2 aromatic rings. The van der Waals surface area contributed by atoms with Gasteiger partial charge in [-0.1, -0.05) is 13.0 Å². The Balaban J connectivity index is 2.29. The summed E-state index contributed by atoms with van der Waals surface area (Å²) in [5, 5.41) is 12.4. The summed E-state index contributed by atoms with van der Waals surface area (Å²) in [5.41, 5.74) is 0.375. The van der Waals surface area contributed by atoms with E-state index in [1.807, 2.05) is 6.92 Å². The summed E-state index contributed by atoms with van der Waals surface area (Å²) in [6.07, 6.45) is 0. The van der Waals surface area contributed by atoms with Crippen molar-refractivity contribution in [2.75, 3.05) is 17.7 Å². The van der Waals surface area contributed by atoms with Crippen LogP contribution >= 0.6 is 0 Å². The smallest absolute Gasteiger partial charge is 0.255 e. The maximum Gasteiger partial charge on any atom is 0.255 e. The highest BCUT2D eigenvalue weighted by atomic mass is 32.2. The van der Waals surface area contributed by atoms with Gasteiger partial charge in [-0.2, -0.15) is 0 Å². The highest BCUT2D eigenvalue weighted by Gasteiger charge is 2.16. The number of hydrogen-bond donors (Lipinski definition) is 2. The highest BCUT2D eigenvalue weighted by molar-refractivity contribution is 7.91. The summed E-state index contributed by atoms with van der Waals surface area (Å²) in [6, 6.07) is 10.4. The standard InChI is InChI=1S/C17H19NO5S/c1-3-23-13-7-5-6-12(10-13)17(20)18-15-11-14(8-9-16(15)19)24(21,22)4-2/h5-11,19H,3-4H2,1-2H3,(H,18,20). The zero-order valence-corrected chi connectivity index (χ0v) is 14.3. The number of hydrogen-bond acceptors (Lipinski definition) is 5. The normalized spacial score (nSPS) is 11.1. The number of ether oxygens (including phenoxy) is 1.